The van der Waals surface area contributed by atoms with Crippen molar-refractivity contribution in [2.75, 3.05) is 19.5 Å². The van der Waals surface area contributed by atoms with E-state index in [1.54, 1.807) is 31.2 Å². The molecule has 2 rings (SSSR count). The number of hydrogen-bond donors (Lipinski definition) is 2. The van der Waals surface area contributed by atoms with Gasteiger partial charge in [0.25, 0.3) is 0 Å². The molecule has 0 spiro atoms. The van der Waals surface area contributed by atoms with Gasteiger partial charge in [0.2, 0.25) is 0 Å². The van der Waals surface area contributed by atoms with Crippen molar-refractivity contribution in [2.45, 2.75) is 19.5 Å². The van der Waals surface area contributed by atoms with Crippen LogP contribution in [0.5, 0.6) is 11.5 Å². The molecule has 0 aliphatic rings. The van der Waals surface area contributed by atoms with E-state index in [-0.39, 0.29) is 0 Å². The van der Waals surface area contributed by atoms with Crippen molar-refractivity contribution in [3.05, 3.63) is 30.0 Å². The summed E-state index contributed by atoms with van der Waals surface area (Å²) in [5, 5.41) is 19.5. The van der Waals surface area contributed by atoms with E-state index < -0.39 is 12.0 Å². The Morgan fingerprint density at radius 1 is 1.32 bits per heavy atom. The van der Waals surface area contributed by atoms with Gasteiger partial charge in [-0.15, -0.1) is 5.10 Å². The van der Waals surface area contributed by atoms with Gasteiger partial charge in [-0.25, -0.2) is 4.68 Å². The van der Waals surface area contributed by atoms with Gasteiger partial charge < -0.3 is 19.9 Å². The zero-order chi connectivity index (χ0) is 16.1. The number of benzene rings is 1. The number of aromatic nitrogens is 3. The van der Waals surface area contributed by atoms with Crippen LogP contribution < -0.4 is 14.8 Å². The van der Waals surface area contributed by atoms with Gasteiger partial charge in [0.15, 0.2) is 5.82 Å². The molecule has 1 aromatic heterocycles. The Labute approximate surface area is 127 Å². The number of carbonyl (C=O) groups is 1. The van der Waals surface area contributed by atoms with Crippen LogP contribution in [0.1, 0.15) is 12.5 Å². The van der Waals surface area contributed by atoms with Crippen LogP contribution in [0.2, 0.25) is 0 Å². The van der Waals surface area contributed by atoms with Crippen LogP contribution in [0, 0.1) is 0 Å². The van der Waals surface area contributed by atoms with E-state index in [0.29, 0.717) is 23.9 Å². The van der Waals surface area contributed by atoms with E-state index in [1.807, 2.05) is 12.1 Å². The molecule has 2 N–H and O–H groups in total. The maximum absolute atomic E-state index is 10.8. The minimum atomic E-state index is -0.952. The molecule has 0 fully saturated rings. The highest BCUT2D eigenvalue weighted by Gasteiger charge is 2.12. The summed E-state index contributed by atoms with van der Waals surface area (Å²) in [6.07, 6.45) is 1.64. The Kier molecular flexibility index (Phi) is 4.82. The first kappa shape index (κ1) is 15.6. The molecule has 0 amide bonds. The average Bonchev–Trinajstić information content (AvgIpc) is 2.93. The molecule has 0 bridgehead atoms. The third-order valence-electron chi connectivity index (χ3n) is 3.03. The first-order valence-electron chi connectivity index (χ1n) is 6.63. The third-order valence-corrected chi connectivity index (χ3v) is 3.03. The fraction of sp³-hybridized carbons (Fsp3) is 0.357. The molecule has 0 unspecified atom stereocenters. The van der Waals surface area contributed by atoms with Gasteiger partial charge in [0.05, 0.1) is 27.0 Å². The summed E-state index contributed by atoms with van der Waals surface area (Å²) in [6, 6.07) is 4.79. The number of nitrogens with one attached hydrogen (secondary N) is 1. The molecule has 1 aromatic carbocycles. The second kappa shape index (κ2) is 6.79. The van der Waals surface area contributed by atoms with Crippen LogP contribution in [0.25, 0.3) is 0 Å². The molecule has 1 atom stereocenters. The van der Waals surface area contributed by atoms with Gasteiger partial charge in [0.1, 0.15) is 17.5 Å². The molecular weight excluding hydrogens is 288 g/mol. The van der Waals surface area contributed by atoms with Gasteiger partial charge in [-0.1, -0.05) is 5.21 Å². The summed E-state index contributed by atoms with van der Waals surface area (Å²) in [7, 11) is 3.17. The summed E-state index contributed by atoms with van der Waals surface area (Å²) in [6.45, 7) is 2.00. The predicted molar refractivity (Wildman–Crippen MR) is 79.4 cm³/mol. The van der Waals surface area contributed by atoms with Gasteiger partial charge in [0, 0.05) is 6.07 Å². The molecule has 2 aromatic rings. The van der Waals surface area contributed by atoms with E-state index in [2.05, 4.69) is 15.6 Å². The molecule has 0 aliphatic carbocycles. The minimum Gasteiger partial charge on any atom is -0.497 e. The second-order valence-corrected chi connectivity index (χ2v) is 4.73. The van der Waals surface area contributed by atoms with Crippen LogP contribution in [-0.4, -0.2) is 46.3 Å². The van der Waals surface area contributed by atoms with Crippen molar-refractivity contribution in [3.63, 3.8) is 0 Å². The summed E-state index contributed by atoms with van der Waals surface area (Å²) in [5.74, 6) is 0.830. The predicted octanol–water partition coefficient (Wildman–Crippen LogP) is 1.23. The highest BCUT2D eigenvalue weighted by molar-refractivity contribution is 5.76. The fourth-order valence-corrected chi connectivity index (χ4v) is 1.87. The molecule has 118 valence electrons. The Morgan fingerprint density at radius 3 is 2.50 bits per heavy atom. The van der Waals surface area contributed by atoms with Gasteiger partial charge in [-0.2, -0.15) is 0 Å². The van der Waals surface area contributed by atoms with Gasteiger partial charge in [-0.05, 0) is 24.6 Å². The van der Waals surface area contributed by atoms with Crippen LogP contribution in [0.4, 0.5) is 5.82 Å². The van der Waals surface area contributed by atoms with Crippen molar-refractivity contribution in [3.8, 4) is 11.5 Å². The number of carboxylic acid groups (broad SMARTS) is 1. The number of nitrogens with zero attached hydrogens (tertiary/aromatic N) is 3. The van der Waals surface area contributed by atoms with E-state index in [4.69, 9.17) is 14.6 Å². The molecular formula is C14H18N4O4. The molecule has 22 heavy (non-hydrogen) atoms. The maximum atomic E-state index is 10.8. The Bertz CT molecular complexity index is 634. The maximum Gasteiger partial charge on any atom is 0.325 e. The minimum absolute atomic E-state index is 0.407. The van der Waals surface area contributed by atoms with Crippen molar-refractivity contribution in [1.29, 1.82) is 0 Å². The molecule has 0 aliphatic heterocycles. The topological polar surface area (TPSA) is 98.5 Å². The number of carboxylic acids is 1. The second-order valence-electron chi connectivity index (χ2n) is 4.73. The number of hydrogen-bond acceptors (Lipinski definition) is 6. The van der Waals surface area contributed by atoms with Crippen LogP contribution in [-0.2, 0) is 11.3 Å². The SMILES string of the molecule is COc1cc(Cn2cc(N[C@@H](C)C(=O)O)nn2)cc(OC)c1. The van der Waals surface area contributed by atoms with E-state index >= 15 is 0 Å². The third kappa shape index (κ3) is 3.87. The monoisotopic (exact) mass is 306 g/mol. The van der Waals surface area contributed by atoms with E-state index in [0.717, 1.165) is 5.56 Å². The summed E-state index contributed by atoms with van der Waals surface area (Å²) in [5.41, 5.74) is 0.930. The quantitative estimate of drug-likeness (QED) is 0.793. The van der Waals surface area contributed by atoms with Gasteiger partial charge >= 0.3 is 5.97 Å². The van der Waals surface area contributed by atoms with E-state index in [9.17, 15) is 4.79 Å². The van der Waals surface area contributed by atoms with Crippen molar-refractivity contribution >= 4 is 11.8 Å². The molecule has 1 heterocycles. The zero-order valence-corrected chi connectivity index (χ0v) is 12.6. The molecule has 8 nitrogen and oxygen atoms in total. The Hall–Kier alpha value is -2.77. The lowest BCUT2D eigenvalue weighted by Gasteiger charge is -2.08. The Morgan fingerprint density at radius 2 is 1.95 bits per heavy atom. The van der Waals surface area contributed by atoms with Crippen LogP contribution >= 0.6 is 0 Å². The molecule has 0 saturated heterocycles. The lowest BCUT2D eigenvalue weighted by atomic mass is 10.2. The number of rotatable bonds is 7. The number of anilines is 1. The first-order chi connectivity index (χ1) is 10.5. The normalized spacial score (nSPS) is 11.8. The average molecular weight is 306 g/mol. The van der Waals surface area contributed by atoms with Crippen molar-refractivity contribution in [2.24, 2.45) is 0 Å². The van der Waals surface area contributed by atoms with Gasteiger partial charge in [-0.3, -0.25) is 4.79 Å². The highest BCUT2D eigenvalue weighted by Crippen LogP contribution is 2.23. The standard InChI is InChI=1S/C14H18N4O4/c1-9(14(19)20)15-13-8-18(17-16-13)7-10-4-11(21-2)6-12(5-10)22-3/h4-6,8-9,15H,7H2,1-3H3,(H,19,20)/t9-/m0/s1. The van der Waals surface area contributed by atoms with E-state index in [1.165, 1.54) is 6.92 Å². The molecule has 0 saturated carbocycles. The lowest BCUT2D eigenvalue weighted by molar-refractivity contribution is -0.137. The van der Waals surface area contributed by atoms with Crippen LogP contribution in [0.15, 0.2) is 24.4 Å². The summed E-state index contributed by atoms with van der Waals surface area (Å²) in [4.78, 5) is 10.8. The largest absolute Gasteiger partial charge is 0.497 e. The van der Waals surface area contributed by atoms with Crippen molar-refractivity contribution < 1.29 is 19.4 Å². The number of ether oxygens (including phenoxy) is 2. The smallest absolute Gasteiger partial charge is 0.325 e. The number of aliphatic carboxylic acids is 1. The summed E-state index contributed by atoms with van der Waals surface area (Å²) >= 11 is 0. The molecule has 8 heteroatoms. The Balaban J connectivity index is 2.11. The number of methoxy groups -OCH3 is 2. The zero-order valence-electron chi connectivity index (χ0n) is 12.6. The fourth-order valence-electron chi connectivity index (χ4n) is 1.87. The molecule has 0 radical (unpaired) electrons. The first-order valence-corrected chi connectivity index (χ1v) is 6.63. The summed E-state index contributed by atoms with van der Waals surface area (Å²) < 4.78 is 12.0. The van der Waals surface area contributed by atoms with Crippen molar-refractivity contribution in [1.82, 2.24) is 15.0 Å². The highest BCUT2D eigenvalue weighted by atomic mass is 16.5. The lowest BCUT2D eigenvalue weighted by Crippen LogP contribution is -2.25. The van der Waals surface area contributed by atoms with Crippen LogP contribution in [0.3, 0.4) is 0 Å².